The number of aryl methyl sites for hydroxylation is 1. The van der Waals surface area contributed by atoms with Crippen molar-refractivity contribution in [2.45, 2.75) is 33.0 Å². The van der Waals surface area contributed by atoms with Gasteiger partial charge in [0.05, 0.1) is 23.5 Å². The van der Waals surface area contributed by atoms with E-state index < -0.39 is 0 Å². The number of thiophene rings is 1. The van der Waals surface area contributed by atoms with Crippen LogP contribution in [0, 0.1) is 6.92 Å². The molecule has 0 N–H and O–H groups in total. The van der Waals surface area contributed by atoms with E-state index in [4.69, 9.17) is 4.74 Å². The Labute approximate surface area is 162 Å². The number of benzene rings is 1. The Morgan fingerprint density at radius 2 is 1.70 bits per heavy atom. The molecule has 2 amide bonds. The predicted octanol–water partition coefficient (Wildman–Crippen LogP) is 3.45. The Kier molecular flexibility index (Phi) is 4.61. The molecule has 0 radical (unpaired) electrons. The zero-order valence-corrected chi connectivity index (χ0v) is 16.5. The Bertz CT molecular complexity index is 909. The summed E-state index contributed by atoms with van der Waals surface area (Å²) in [4.78, 5) is 31.0. The van der Waals surface area contributed by atoms with Crippen molar-refractivity contribution in [3.8, 4) is 0 Å². The van der Waals surface area contributed by atoms with Crippen LogP contribution in [0.25, 0.3) is 5.57 Å². The highest BCUT2D eigenvalue weighted by atomic mass is 32.1. The van der Waals surface area contributed by atoms with E-state index in [9.17, 15) is 9.59 Å². The highest BCUT2D eigenvalue weighted by Gasteiger charge is 2.44. The van der Waals surface area contributed by atoms with Gasteiger partial charge in [0.1, 0.15) is 5.70 Å². The molecule has 3 heterocycles. The number of carbonyl (C=O) groups excluding carboxylic acids is 2. The molecule has 2 aliphatic heterocycles. The van der Waals surface area contributed by atoms with Gasteiger partial charge in [0.2, 0.25) is 0 Å². The van der Waals surface area contributed by atoms with Crippen LogP contribution in [-0.2, 0) is 14.3 Å². The summed E-state index contributed by atoms with van der Waals surface area (Å²) < 4.78 is 5.82. The Balaban J connectivity index is 1.83. The maximum atomic E-state index is 13.5. The fraction of sp³-hybridized carbons (Fsp3) is 0.333. The van der Waals surface area contributed by atoms with Crippen molar-refractivity contribution in [2.24, 2.45) is 0 Å². The van der Waals surface area contributed by atoms with Gasteiger partial charge in [0.25, 0.3) is 11.8 Å². The minimum atomic E-state index is -0.251. The van der Waals surface area contributed by atoms with Crippen LogP contribution in [0.4, 0.5) is 5.69 Å². The summed E-state index contributed by atoms with van der Waals surface area (Å²) in [5.74, 6) is -0.502. The summed E-state index contributed by atoms with van der Waals surface area (Å²) in [7, 11) is 0. The summed E-state index contributed by atoms with van der Waals surface area (Å²) in [6, 6.07) is 11.3. The largest absolute Gasteiger partial charge is 0.372 e. The minimum absolute atomic E-state index is 0.00116. The topological polar surface area (TPSA) is 49.9 Å². The third-order valence-electron chi connectivity index (χ3n) is 4.92. The number of nitrogens with zero attached hydrogens (tertiary/aromatic N) is 2. The predicted molar refractivity (Wildman–Crippen MR) is 106 cm³/mol. The average Bonchev–Trinajstić information content (AvgIpc) is 3.21. The van der Waals surface area contributed by atoms with Crippen LogP contribution in [0.1, 0.15) is 24.3 Å². The number of hydrogen-bond acceptors (Lipinski definition) is 5. The Morgan fingerprint density at radius 3 is 2.33 bits per heavy atom. The maximum Gasteiger partial charge on any atom is 0.282 e. The molecule has 1 aromatic carbocycles. The standard InChI is InChI=1S/C21H22N2O3S/c1-13-7-4-5-8-16(13)23-20(24)18(17-9-6-10-27-17)19(21(23)25)22-11-14(2)26-15(3)12-22/h4-10,14-15H,11-12H2,1-3H3. The van der Waals surface area contributed by atoms with E-state index in [1.807, 2.05) is 67.4 Å². The number of hydrogen-bond donors (Lipinski definition) is 0. The van der Waals surface area contributed by atoms with Crippen molar-refractivity contribution in [1.29, 1.82) is 0 Å². The van der Waals surface area contributed by atoms with Gasteiger partial charge in [-0.1, -0.05) is 24.3 Å². The molecule has 1 fully saturated rings. The van der Waals surface area contributed by atoms with E-state index in [-0.39, 0.29) is 24.0 Å². The molecule has 0 aliphatic carbocycles. The molecule has 27 heavy (non-hydrogen) atoms. The molecular formula is C21H22N2O3S. The molecule has 0 saturated carbocycles. The van der Waals surface area contributed by atoms with E-state index in [2.05, 4.69) is 0 Å². The number of ether oxygens (including phenoxy) is 1. The van der Waals surface area contributed by atoms with Gasteiger partial charge in [-0.15, -0.1) is 11.3 Å². The van der Waals surface area contributed by atoms with Gasteiger partial charge < -0.3 is 9.64 Å². The highest BCUT2D eigenvalue weighted by Crippen LogP contribution is 2.38. The van der Waals surface area contributed by atoms with E-state index in [1.165, 1.54) is 16.2 Å². The summed E-state index contributed by atoms with van der Waals surface area (Å²) in [6.45, 7) is 7.09. The van der Waals surface area contributed by atoms with Crippen molar-refractivity contribution in [2.75, 3.05) is 18.0 Å². The molecule has 1 aromatic heterocycles. The van der Waals surface area contributed by atoms with Gasteiger partial charge in [-0.25, -0.2) is 4.90 Å². The summed E-state index contributed by atoms with van der Waals surface area (Å²) in [6.07, 6.45) is 0.00231. The van der Waals surface area contributed by atoms with Gasteiger partial charge in [0.15, 0.2) is 0 Å². The van der Waals surface area contributed by atoms with Gasteiger partial charge in [0, 0.05) is 18.0 Å². The first kappa shape index (κ1) is 17.9. The number of imide groups is 1. The summed E-state index contributed by atoms with van der Waals surface area (Å²) >= 11 is 1.48. The monoisotopic (exact) mass is 382 g/mol. The van der Waals surface area contributed by atoms with Crippen LogP contribution in [0.3, 0.4) is 0 Å². The number of carbonyl (C=O) groups is 2. The molecule has 2 aromatic rings. The van der Waals surface area contributed by atoms with Crippen LogP contribution >= 0.6 is 11.3 Å². The maximum absolute atomic E-state index is 13.5. The first-order chi connectivity index (χ1) is 13.0. The third-order valence-corrected chi connectivity index (χ3v) is 5.81. The van der Waals surface area contributed by atoms with Crippen LogP contribution in [0.15, 0.2) is 47.5 Å². The third kappa shape index (κ3) is 3.09. The lowest BCUT2D eigenvalue weighted by Crippen LogP contribution is -2.47. The number of rotatable bonds is 3. The molecule has 5 nitrogen and oxygen atoms in total. The zero-order chi connectivity index (χ0) is 19.1. The molecule has 2 unspecified atom stereocenters. The van der Waals surface area contributed by atoms with Crippen LogP contribution < -0.4 is 4.90 Å². The normalized spacial score (nSPS) is 23.5. The fourth-order valence-electron chi connectivity index (χ4n) is 3.85. The van der Waals surface area contributed by atoms with E-state index >= 15 is 0 Å². The van der Waals surface area contributed by atoms with Crippen molar-refractivity contribution in [1.82, 2.24) is 4.90 Å². The van der Waals surface area contributed by atoms with Crippen molar-refractivity contribution in [3.05, 3.63) is 57.9 Å². The number of amides is 2. The first-order valence-corrected chi connectivity index (χ1v) is 9.98. The molecule has 6 heteroatoms. The number of para-hydroxylation sites is 1. The smallest absolute Gasteiger partial charge is 0.282 e. The quantitative estimate of drug-likeness (QED) is 0.763. The molecule has 140 valence electrons. The fourth-order valence-corrected chi connectivity index (χ4v) is 4.61. The average molecular weight is 382 g/mol. The van der Waals surface area contributed by atoms with Gasteiger partial charge in [-0.05, 0) is 43.8 Å². The summed E-state index contributed by atoms with van der Waals surface area (Å²) in [5.41, 5.74) is 2.54. The molecule has 0 spiro atoms. The van der Waals surface area contributed by atoms with Gasteiger partial charge in [-0.2, -0.15) is 0 Å². The second kappa shape index (κ2) is 6.94. The van der Waals surface area contributed by atoms with E-state index in [0.29, 0.717) is 30.0 Å². The first-order valence-electron chi connectivity index (χ1n) is 9.10. The molecule has 4 rings (SSSR count). The van der Waals surface area contributed by atoms with Crippen LogP contribution in [0.2, 0.25) is 0 Å². The van der Waals surface area contributed by atoms with Crippen molar-refractivity contribution >= 4 is 34.4 Å². The molecular weight excluding hydrogens is 360 g/mol. The van der Waals surface area contributed by atoms with Gasteiger partial charge in [-0.3, -0.25) is 9.59 Å². The number of anilines is 1. The lowest BCUT2D eigenvalue weighted by atomic mass is 10.1. The van der Waals surface area contributed by atoms with Crippen LogP contribution in [0.5, 0.6) is 0 Å². The SMILES string of the molecule is Cc1ccccc1N1C(=O)C(c2cccs2)=C(N2CC(C)OC(C)C2)C1=O. The number of morpholine rings is 1. The van der Waals surface area contributed by atoms with Gasteiger partial charge >= 0.3 is 0 Å². The Morgan fingerprint density at radius 1 is 1.00 bits per heavy atom. The second-order valence-corrected chi connectivity index (χ2v) is 8.04. The van der Waals surface area contributed by atoms with Crippen molar-refractivity contribution in [3.63, 3.8) is 0 Å². The lowest BCUT2D eigenvalue weighted by molar-refractivity contribution is -0.121. The molecule has 0 bridgehead atoms. The minimum Gasteiger partial charge on any atom is -0.372 e. The lowest BCUT2D eigenvalue weighted by Gasteiger charge is -2.37. The second-order valence-electron chi connectivity index (χ2n) is 7.10. The van der Waals surface area contributed by atoms with Crippen molar-refractivity contribution < 1.29 is 14.3 Å². The zero-order valence-electron chi connectivity index (χ0n) is 15.6. The van der Waals surface area contributed by atoms with Crippen LogP contribution in [-0.4, -0.2) is 42.0 Å². The summed E-state index contributed by atoms with van der Waals surface area (Å²) in [5, 5.41) is 1.93. The van der Waals surface area contributed by atoms with E-state index in [1.54, 1.807) is 0 Å². The molecule has 2 atom stereocenters. The molecule has 1 saturated heterocycles. The highest BCUT2D eigenvalue weighted by molar-refractivity contribution is 7.11. The van der Waals surface area contributed by atoms with E-state index in [0.717, 1.165) is 10.4 Å². The Hall–Kier alpha value is -2.44. The molecule has 2 aliphatic rings.